The second kappa shape index (κ2) is 6.65. The van der Waals surface area contributed by atoms with Gasteiger partial charge in [0.15, 0.2) is 0 Å². The molecule has 0 radical (unpaired) electrons. The molecule has 0 bridgehead atoms. The Morgan fingerprint density at radius 2 is 1.95 bits per heavy atom. The molecule has 108 valence electrons. The lowest BCUT2D eigenvalue weighted by atomic mass is 10.2. The summed E-state index contributed by atoms with van der Waals surface area (Å²) in [6.45, 7) is 3.37. The number of sulfonamides is 1. The van der Waals surface area contributed by atoms with Crippen LogP contribution in [0.2, 0.25) is 0 Å². The number of rotatable bonds is 7. The Hall–Kier alpha value is -1.70. The van der Waals surface area contributed by atoms with Crippen LogP contribution in [0.3, 0.4) is 0 Å². The Balaban J connectivity index is 1.76. The third-order valence-electron chi connectivity index (χ3n) is 2.77. The van der Waals surface area contributed by atoms with Crippen LogP contribution in [0, 0.1) is 6.92 Å². The SMILES string of the molecule is Cc1ccc(S(=O)(=O)NCCNCc2ncc[nH]2)cc1. The van der Waals surface area contributed by atoms with Gasteiger partial charge in [-0.15, -0.1) is 0 Å². The van der Waals surface area contributed by atoms with E-state index in [2.05, 4.69) is 20.0 Å². The van der Waals surface area contributed by atoms with Crippen LogP contribution in [0.1, 0.15) is 11.4 Å². The maximum absolute atomic E-state index is 12.0. The van der Waals surface area contributed by atoms with Crippen LogP contribution in [0.15, 0.2) is 41.6 Å². The molecule has 0 atom stereocenters. The van der Waals surface area contributed by atoms with Crippen LogP contribution < -0.4 is 10.0 Å². The summed E-state index contributed by atoms with van der Waals surface area (Å²) < 4.78 is 26.5. The van der Waals surface area contributed by atoms with Crippen LogP contribution in [-0.4, -0.2) is 31.5 Å². The van der Waals surface area contributed by atoms with Crippen molar-refractivity contribution in [1.29, 1.82) is 0 Å². The van der Waals surface area contributed by atoms with Crippen molar-refractivity contribution in [2.24, 2.45) is 0 Å². The zero-order valence-electron chi connectivity index (χ0n) is 11.3. The molecular formula is C13H18N4O2S. The first-order valence-electron chi connectivity index (χ1n) is 6.33. The minimum Gasteiger partial charge on any atom is -0.348 e. The number of H-pyrrole nitrogens is 1. The number of nitrogens with zero attached hydrogens (tertiary/aromatic N) is 1. The van der Waals surface area contributed by atoms with E-state index in [1.54, 1.807) is 36.7 Å². The number of benzene rings is 1. The monoisotopic (exact) mass is 294 g/mol. The van der Waals surface area contributed by atoms with Gasteiger partial charge >= 0.3 is 0 Å². The van der Waals surface area contributed by atoms with E-state index < -0.39 is 10.0 Å². The van der Waals surface area contributed by atoms with Gasteiger partial charge in [-0.25, -0.2) is 18.1 Å². The highest BCUT2D eigenvalue weighted by atomic mass is 32.2. The highest BCUT2D eigenvalue weighted by molar-refractivity contribution is 7.89. The molecule has 3 N–H and O–H groups in total. The van der Waals surface area contributed by atoms with Gasteiger partial charge in [0.1, 0.15) is 5.82 Å². The molecule has 1 aromatic carbocycles. The summed E-state index contributed by atoms with van der Waals surface area (Å²) in [6, 6.07) is 6.77. The molecule has 0 aliphatic rings. The average molecular weight is 294 g/mol. The second-order valence-electron chi connectivity index (χ2n) is 4.42. The van der Waals surface area contributed by atoms with E-state index in [1.165, 1.54) is 0 Å². The first-order valence-corrected chi connectivity index (χ1v) is 7.81. The van der Waals surface area contributed by atoms with E-state index in [-0.39, 0.29) is 4.90 Å². The molecule has 0 aliphatic heterocycles. The largest absolute Gasteiger partial charge is 0.348 e. The molecule has 0 saturated carbocycles. The third kappa shape index (κ3) is 4.16. The van der Waals surface area contributed by atoms with Crippen molar-refractivity contribution >= 4 is 10.0 Å². The van der Waals surface area contributed by atoms with E-state index in [4.69, 9.17) is 0 Å². The Kier molecular flexibility index (Phi) is 4.89. The lowest BCUT2D eigenvalue weighted by molar-refractivity contribution is 0.574. The van der Waals surface area contributed by atoms with Gasteiger partial charge in [0, 0.05) is 25.5 Å². The van der Waals surface area contributed by atoms with Gasteiger partial charge in [0.05, 0.1) is 11.4 Å². The fourth-order valence-electron chi connectivity index (χ4n) is 1.68. The van der Waals surface area contributed by atoms with E-state index in [0.717, 1.165) is 11.4 Å². The maximum Gasteiger partial charge on any atom is 0.240 e. The second-order valence-corrected chi connectivity index (χ2v) is 6.19. The molecule has 0 unspecified atom stereocenters. The Labute approximate surface area is 118 Å². The molecule has 2 aromatic rings. The Morgan fingerprint density at radius 3 is 2.60 bits per heavy atom. The summed E-state index contributed by atoms with van der Waals surface area (Å²) in [5, 5.41) is 3.10. The number of aryl methyl sites for hydroxylation is 1. The molecule has 20 heavy (non-hydrogen) atoms. The third-order valence-corrected chi connectivity index (χ3v) is 4.25. The molecule has 2 rings (SSSR count). The zero-order valence-corrected chi connectivity index (χ0v) is 12.1. The molecule has 0 amide bonds. The number of nitrogens with one attached hydrogen (secondary N) is 3. The summed E-state index contributed by atoms with van der Waals surface area (Å²) in [4.78, 5) is 7.31. The molecule has 1 aromatic heterocycles. The minimum atomic E-state index is -3.42. The highest BCUT2D eigenvalue weighted by Crippen LogP contribution is 2.09. The van der Waals surface area contributed by atoms with Gasteiger partial charge in [0.2, 0.25) is 10.0 Å². The number of hydrogen-bond acceptors (Lipinski definition) is 4. The lowest BCUT2D eigenvalue weighted by Gasteiger charge is -2.07. The molecule has 7 heteroatoms. The predicted octanol–water partition coefficient (Wildman–Crippen LogP) is 0.786. The number of imidazole rings is 1. The van der Waals surface area contributed by atoms with Crippen molar-refractivity contribution in [3.8, 4) is 0 Å². The van der Waals surface area contributed by atoms with Gasteiger partial charge in [-0.2, -0.15) is 0 Å². The summed E-state index contributed by atoms with van der Waals surface area (Å²) in [6.07, 6.45) is 3.42. The first-order chi connectivity index (χ1) is 9.58. The van der Waals surface area contributed by atoms with Crippen molar-refractivity contribution in [2.75, 3.05) is 13.1 Å². The van der Waals surface area contributed by atoms with Crippen molar-refractivity contribution in [1.82, 2.24) is 20.0 Å². The van der Waals surface area contributed by atoms with E-state index in [1.807, 2.05) is 6.92 Å². The fraction of sp³-hybridized carbons (Fsp3) is 0.308. The smallest absolute Gasteiger partial charge is 0.240 e. The lowest BCUT2D eigenvalue weighted by Crippen LogP contribution is -2.31. The first kappa shape index (κ1) is 14.7. The maximum atomic E-state index is 12.0. The molecule has 0 fully saturated rings. The Bertz CT molecular complexity index is 621. The molecule has 1 heterocycles. The van der Waals surface area contributed by atoms with Gasteiger partial charge < -0.3 is 10.3 Å². The van der Waals surface area contributed by atoms with Crippen molar-refractivity contribution in [2.45, 2.75) is 18.4 Å². The van der Waals surface area contributed by atoms with E-state index >= 15 is 0 Å². The van der Waals surface area contributed by atoms with E-state index in [0.29, 0.717) is 19.6 Å². The highest BCUT2D eigenvalue weighted by Gasteiger charge is 2.12. The van der Waals surface area contributed by atoms with Crippen LogP contribution in [0.25, 0.3) is 0 Å². The average Bonchev–Trinajstić information content (AvgIpc) is 2.92. The number of hydrogen-bond donors (Lipinski definition) is 3. The van der Waals surface area contributed by atoms with Gasteiger partial charge in [-0.1, -0.05) is 17.7 Å². The predicted molar refractivity (Wildman–Crippen MR) is 76.7 cm³/mol. The van der Waals surface area contributed by atoms with Crippen molar-refractivity contribution < 1.29 is 8.42 Å². The molecule has 0 spiro atoms. The minimum absolute atomic E-state index is 0.286. The molecule has 0 saturated heterocycles. The van der Waals surface area contributed by atoms with E-state index in [9.17, 15) is 8.42 Å². The van der Waals surface area contributed by atoms with Crippen molar-refractivity contribution in [3.05, 3.63) is 48.0 Å². The number of aromatic amines is 1. The number of aromatic nitrogens is 2. The van der Waals surface area contributed by atoms with Crippen LogP contribution in [0.4, 0.5) is 0 Å². The van der Waals surface area contributed by atoms with Crippen molar-refractivity contribution in [3.63, 3.8) is 0 Å². The van der Waals surface area contributed by atoms with Crippen LogP contribution in [-0.2, 0) is 16.6 Å². The normalized spacial score (nSPS) is 11.7. The molecule has 0 aliphatic carbocycles. The topological polar surface area (TPSA) is 86.9 Å². The quantitative estimate of drug-likeness (QED) is 0.659. The summed E-state index contributed by atoms with van der Waals surface area (Å²) in [5.41, 5.74) is 1.03. The summed E-state index contributed by atoms with van der Waals surface area (Å²) in [7, 11) is -3.42. The fourth-order valence-corrected chi connectivity index (χ4v) is 2.71. The van der Waals surface area contributed by atoms with Gasteiger partial charge in [0.25, 0.3) is 0 Å². The van der Waals surface area contributed by atoms with Crippen LogP contribution >= 0.6 is 0 Å². The van der Waals surface area contributed by atoms with Crippen LogP contribution in [0.5, 0.6) is 0 Å². The summed E-state index contributed by atoms with van der Waals surface area (Å²) in [5.74, 6) is 0.825. The van der Waals surface area contributed by atoms with Gasteiger partial charge in [-0.05, 0) is 19.1 Å². The van der Waals surface area contributed by atoms with Gasteiger partial charge in [-0.3, -0.25) is 0 Å². The molecular weight excluding hydrogens is 276 g/mol. The standard InChI is InChI=1S/C13H18N4O2S/c1-11-2-4-12(5-3-11)20(18,19)17-9-6-14-10-13-15-7-8-16-13/h2-5,7-8,14,17H,6,9-10H2,1H3,(H,15,16). The Morgan fingerprint density at radius 1 is 1.20 bits per heavy atom. The summed E-state index contributed by atoms with van der Waals surface area (Å²) >= 11 is 0. The zero-order chi connectivity index (χ0) is 14.4. The molecule has 6 nitrogen and oxygen atoms in total.